The van der Waals surface area contributed by atoms with E-state index in [0.717, 1.165) is 13.0 Å². The van der Waals surface area contributed by atoms with Gasteiger partial charge in [-0.05, 0) is 37.7 Å². The Hall–Kier alpha value is -1.58. The van der Waals surface area contributed by atoms with E-state index in [0.29, 0.717) is 16.7 Å². The van der Waals surface area contributed by atoms with Gasteiger partial charge in [-0.1, -0.05) is 19.1 Å². The van der Waals surface area contributed by atoms with Crippen LogP contribution in [0.3, 0.4) is 0 Å². The Morgan fingerprint density at radius 2 is 2.18 bits per heavy atom. The van der Waals surface area contributed by atoms with Gasteiger partial charge in [0.2, 0.25) is 0 Å². The molecule has 2 rings (SSSR count). The monoisotopic (exact) mass is 234 g/mol. The largest absolute Gasteiger partial charge is 0.379 e. The first-order valence-corrected chi connectivity index (χ1v) is 6.06. The first-order valence-electron chi connectivity index (χ1n) is 6.06. The zero-order chi connectivity index (χ0) is 12.5. The smallest absolute Gasteiger partial charge is 0.295 e. The number of nitrogens with zero attached hydrogens (tertiary/aromatic N) is 1. The predicted molar refractivity (Wildman–Crippen MR) is 68.3 cm³/mol. The summed E-state index contributed by atoms with van der Waals surface area (Å²) in [6, 6.07) is 5.42. The summed E-state index contributed by atoms with van der Waals surface area (Å²) < 4.78 is 0. The van der Waals surface area contributed by atoms with Crippen molar-refractivity contribution in [3.8, 4) is 0 Å². The molecular formula is C13H18N2O2. The van der Waals surface area contributed by atoms with Gasteiger partial charge in [0.05, 0.1) is 4.92 Å². The minimum atomic E-state index is -0.302. The quantitative estimate of drug-likeness (QED) is 0.626. The number of nitrogens with one attached hydrogen (secondary N) is 1. The second kappa shape index (κ2) is 4.35. The van der Waals surface area contributed by atoms with Gasteiger partial charge in [0.15, 0.2) is 0 Å². The lowest BCUT2D eigenvalue weighted by atomic mass is 10.0. The number of benzene rings is 1. The third kappa shape index (κ3) is 2.40. The summed E-state index contributed by atoms with van der Waals surface area (Å²) in [4.78, 5) is 10.7. The maximum Gasteiger partial charge on any atom is 0.295 e. The molecule has 4 heteroatoms. The Morgan fingerprint density at radius 3 is 2.71 bits per heavy atom. The van der Waals surface area contributed by atoms with Gasteiger partial charge in [-0.2, -0.15) is 0 Å². The normalized spacial score (nSPS) is 16.6. The molecule has 0 aliphatic heterocycles. The zero-order valence-electron chi connectivity index (χ0n) is 10.3. The van der Waals surface area contributed by atoms with Gasteiger partial charge in [-0.15, -0.1) is 0 Å². The van der Waals surface area contributed by atoms with Crippen LogP contribution in [0.15, 0.2) is 18.2 Å². The number of rotatable bonds is 5. The van der Waals surface area contributed by atoms with Crippen molar-refractivity contribution in [2.24, 2.45) is 5.41 Å². The van der Waals surface area contributed by atoms with E-state index in [-0.39, 0.29) is 10.6 Å². The van der Waals surface area contributed by atoms with Crippen LogP contribution in [0.4, 0.5) is 11.4 Å². The van der Waals surface area contributed by atoms with Crippen LogP contribution in [-0.2, 0) is 0 Å². The molecular weight excluding hydrogens is 216 g/mol. The van der Waals surface area contributed by atoms with E-state index in [2.05, 4.69) is 12.2 Å². The molecule has 0 amide bonds. The summed E-state index contributed by atoms with van der Waals surface area (Å²) in [6.45, 7) is 4.79. The summed E-state index contributed by atoms with van der Waals surface area (Å²) >= 11 is 0. The highest BCUT2D eigenvalue weighted by atomic mass is 16.6. The number of hydrogen-bond acceptors (Lipinski definition) is 3. The van der Waals surface area contributed by atoms with Gasteiger partial charge in [-0.3, -0.25) is 10.1 Å². The van der Waals surface area contributed by atoms with Crippen molar-refractivity contribution >= 4 is 11.4 Å². The lowest BCUT2D eigenvalue weighted by molar-refractivity contribution is -0.384. The molecule has 0 spiro atoms. The SMILES string of the molecule is CCC1(CNc2cccc(C)c2[N+](=O)[O-])CC1. The van der Waals surface area contributed by atoms with Crippen LogP contribution in [0.25, 0.3) is 0 Å². The lowest BCUT2D eigenvalue weighted by Crippen LogP contribution is -2.15. The molecule has 0 heterocycles. The van der Waals surface area contributed by atoms with Gasteiger partial charge in [0.25, 0.3) is 5.69 Å². The van der Waals surface area contributed by atoms with E-state index in [9.17, 15) is 10.1 Å². The van der Waals surface area contributed by atoms with Crippen LogP contribution in [0.1, 0.15) is 31.7 Å². The van der Waals surface area contributed by atoms with Crippen LogP contribution in [0.5, 0.6) is 0 Å². The fourth-order valence-corrected chi connectivity index (χ4v) is 2.16. The van der Waals surface area contributed by atoms with Crippen molar-refractivity contribution in [3.63, 3.8) is 0 Å². The van der Waals surface area contributed by atoms with E-state index in [1.54, 1.807) is 19.1 Å². The summed E-state index contributed by atoms with van der Waals surface area (Å²) in [5, 5.41) is 14.3. The van der Waals surface area contributed by atoms with Gasteiger partial charge in [0, 0.05) is 12.1 Å². The van der Waals surface area contributed by atoms with Crippen molar-refractivity contribution in [2.75, 3.05) is 11.9 Å². The molecule has 0 unspecified atom stereocenters. The third-order valence-electron chi connectivity index (χ3n) is 3.78. The van der Waals surface area contributed by atoms with Crippen molar-refractivity contribution in [3.05, 3.63) is 33.9 Å². The highest BCUT2D eigenvalue weighted by molar-refractivity contribution is 5.65. The van der Waals surface area contributed by atoms with Crippen LogP contribution >= 0.6 is 0 Å². The molecule has 4 nitrogen and oxygen atoms in total. The summed E-state index contributed by atoms with van der Waals surface area (Å²) in [7, 11) is 0. The predicted octanol–water partition coefficient (Wildman–Crippen LogP) is 3.51. The second-order valence-electron chi connectivity index (χ2n) is 4.94. The van der Waals surface area contributed by atoms with Crippen LogP contribution in [0, 0.1) is 22.5 Å². The van der Waals surface area contributed by atoms with E-state index in [1.165, 1.54) is 12.8 Å². The Balaban J connectivity index is 2.15. The summed E-state index contributed by atoms with van der Waals surface area (Å²) in [5.41, 5.74) is 1.95. The highest BCUT2D eigenvalue weighted by Crippen LogP contribution is 2.48. The van der Waals surface area contributed by atoms with E-state index in [1.807, 2.05) is 6.07 Å². The van der Waals surface area contributed by atoms with Gasteiger partial charge >= 0.3 is 0 Å². The Bertz CT molecular complexity index is 439. The van der Waals surface area contributed by atoms with E-state index >= 15 is 0 Å². The van der Waals surface area contributed by atoms with Crippen LogP contribution < -0.4 is 5.32 Å². The van der Waals surface area contributed by atoms with Crippen molar-refractivity contribution < 1.29 is 4.92 Å². The Morgan fingerprint density at radius 1 is 1.47 bits per heavy atom. The molecule has 1 N–H and O–H groups in total. The Labute approximate surface area is 101 Å². The zero-order valence-corrected chi connectivity index (χ0v) is 10.3. The lowest BCUT2D eigenvalue weighted by Gasteiger charge is -2.15. The number of anilines is 1. The molecule has 1 aliphatic carbocycles. The molecule has 1 aromatic rings. The maximum atomic E-state index is 11.0. The molecule has 1 aliphatic rings. The van der Waals surface area contributed by atoms with Crippen molar-refractivity contribution in [2.45, 2.75) is 33.1 Å². The Kier molecular flexibility index (Phi) is 3.05. The van der Waals surface area contributed by atoms with Gasteiger partial charge in [-0.25, -0.2) is 0 Å². The first kappa shape index (κ1) is 11.9. The number of para-hydroxylation sites is 1. The highest BCUT2D eigenvalue weighted by Gasteiger charge is 2.40. The molecule has 1 fully saturated rings. The van der Waals surface area contributed by atoms with E-state index in [4.69, 9.17) is 0 Å². The molecule has 1 saturated carbocycles. The molecule has 0 bridgehead atoms. The fraction of sp³-hybridized carbons (Fsp3) is 0.538. The third-order valence-corrected chi connectivity index (χ3v) is 3.78. The molecule has 0 saturated heterocycles. The molecule has 0 aromatic heterocycles. The number of hydrogen-bond donors (Lipinski definition) is 1. The van der Waals surface area contributed by atoms with Crippen LogP contribution in [0.2, 0.25) is 0 Å². The van der Waals surface area contributed by atoms with Crippen molar-refractivity contribution in [1.82, 2.24) is 0 Å². The molecule has 0 radical (unpaired) electrons. The standard InChI is InChI=1S/C13H18N2O2/c1-3-13(7-8-13)9-14-11-6-4-5-10(2)12(11)15(16)17/h4-6,14H,3,7-9H2,1-2H3. The summed E-state index contributed by atoms with van der Waals surface area (Å²) in [5.74, 6) is 0. The molecule has 1 aromatic carbocycles. The second-order valence-corrected chi connectivity index (χ2v) is 4.94. The van der Waals surface area contributed by atoms with Crippen LogP contribution in [-0.4, -0.2) is 11.5 Å². The average molecular weight is 234 g/mol. The number of nitro benzene ring substituents is 1. The van der Waals surface area contributed by atoms with Gasteiger partial charge in [0.1, 0.15) is 5.69 Å². The minimum absolute atomic E-state index is 0.208. The first-order chi connectivity index (χ1) is 8.08. The molecule has 0 atom stereocenters. The number of nitro groups is 1. The average Bonchev–Trinajstić information content (AvgIpc) is 3.06. The summed E-state index contributed by atoms with van der Waals surface area (Å²) in [6.07, 6.45) is 3.60. The number of aryl methyl sites for hydroxylation is 1. The minimum Gasteiger partial charge on any atom is -0.379 e. The van der Waals surface area contributed by atoms with Gasteiger partial charge < -0.3 is 5.32 Å². The topological polar surface area (TPSA) is 55.2 Å². The maximum absolute atomic E-state index is 11.0. The molecule has 17 heavy (non-hydrogen) atoms. The van der Waals surface area contributed by atoms with E-state index < -0.39 is 0 Å². The molecule has 92 valence electrons. The van der Waals surface area contributed by atoms with Crippen molar-refractivity contribution in [1.29, 1.82) is 0 Å². The fourth-order valence-electron chi connectivity index (χ4n) is 2.16.